The number of hydrogen-bond acceptors (Lipinski definition) is 3. The summed E-state index contributed by atoms with van der Waals surface area (Å²) in [4.78, 5) is 13.0. The van der Waals surface area contributed by atoms with Gasteiger partial charge in [0.05, 0.1) is 5.60 Å². The number of ether oxygens (including phenoxy) is 1. The van der Waals surface area contributed by atoms with Crippen molar-refractivity contribution in [1.82, 2.24) is 10.2 Å². The van der Waals surface area contributed by atoms with E-state index in [1.165, 1.54) is 0 Å². The van der Waals surface area contributed by atoms with E-state index < -0.39 is 0 Å². The van der Waals surface area contributed by atoms with E-state index in [-0.39, 0.29) is 11.5 Å². The third-order valence-corrected chi connectivity index (χ3v) is 4.33. The van der Waals surface area contributed by atoms with Crippen molar-refractivity contribution in [3.05, 3.63) is 0 Å². The Morgan fingerprint density at radius 1 is 1.18 bits per heavy atom. The molecule has 4 heteroatoms. The van der Waals surface area contributed by atoms with Crippen molar-refractivity contribution in [2.45, 2.75) is 66.9 Å². The molecule has 4 nitrogen and oxygen atoms in total. The van der Waals surface area contributed by atoms with Crippen LogP contribution < -0.4 is 5.32 Å². The summed E-state index contributed by atoms with van der Waals surface area (Å²) >= 11 is 0. The number of amides is 1. The van der Waals surface area contributed by atoms with Crippen LogP contribution >= 0.6 is 0 Å². The zero-order valence-electron chi connectivity index (χ0n) is 15.9. The van der Waals surface area contributed by atoms with Crippen LogP contribution in [0.15, 0.2) is 0 Å². The van der Waals surface area contributed by atoms with Crippen LogP contribution in [0.2, 0.25) is 0 Å². The number of hydrogen-bond donors (Lipinski definition) is 1. The highest BCUT2D eigenvalue weighted by molar-refractivity contribution is 5.75. The van der Waals surface area contributed by atoms with E-state index in [9.17, 15) is 4.79 Å². The molecule has 0 atom stereocenters. The number of nitrogens with one attached hydrogen (secondary N) is 1. The monoisotopic (exact) mass is 314 g/mol. The summed E-state index contributed by atoms with van der Waals surface area (Å²) in [6, 6.07) is 0. The number of piperazine rings is 1. The minimum absolute atomic E-state index is 0.0366. The molecule has 0 aromatic carbocycles. The minimum atomic E-state index is 0.0366. The first-order chi connectivity index (χ1) is 10.2. The van der Waals surface area contributed by atoms with Gasteiger partial charge in [0.15, 0.2) is 0 Å². The summed E-state index contributed by atoms with van der Waals surface area (Å²) < 4.78 is 5.80. The van der Waals surface area contributed by atoms with Crippen LogP contribution in [0, 0.1) is 11.8 Å². The molecule has 1 fully saturated rings. The van der Waals surface area contributed by atoms with Crippen molar-refractivity contribution < 1.29 is 9.53 Å². The molecule has 1 aliphatic rings. The van der Waals surface area contributed by atoms with E-state index in [4.69, 9.17) is 4.74 Å². The van der Waals surface area contributed by atoms with Crippen molar-refractivity contribution in [2.75, 3.05) is 32.8 Å². The molecule has 1 aliphatic heterocycles. The molecule has 0 aromatic heterocycles. The summed E-state index contributed by atoms with van der Waals surface area (Å²) in [6.07, 6.45) is 1.80. The summed E-state index contributed by atoms with van der Waals surface area (Å²) in [7, 11) is 0. The molecule has 1 N–H and O–H groups in total. The van der Waals surface area contributed by atoms with E-state index >= 15 is 0 Å². The Morgan fingerprint density at radius 2 is 1.73 bits per heavy atom. The smallest absolute Gasteiger partial charge is 0.222 e. The predicted octanol–water partition coefficient (Wildman–Crippen LogP) is 3.31. The van der Waals surface area contributed by atoms with E-state index in [0.717, 1.165) is 45.1 Å². The van der Waals surface area contributed by atoms with E-state index in [1.807, 2.05) is 11.8 Å². The first kappa shape index (κ1) is 21.4. The number of nitrogens with zero attached hydrogens (tertiary/aromatic N) is 1. The van der Waals surface area contributed by atoms with Gasteiger partial charge in [-0.05, 0) is 32.1 Å². The molecule has 0 aromatic rings. The fourth-order valence-electron chi connectivity index (χ4n) is 1.86. The van der Waals surface area contributed by atoms with Crippen LogP contribution in [0.4, 0.5) is 0 Å². The van der Waals surface area contributed by atoms with E-state index in [1.54, 1.807) is 0 Å². The molecule has 0 spiro atoms. The lowest BCUT2D eigenvalue weighted by atomic mass is 9.94. The van der Waals surface area contributed by atoms with Crippen molar-refractivity contribution in [3.8, 4) is 0 Å². The van der Waals surface area contributed by atoms with Crippen molar-refractivity contribution in [3.63, 3.8) is 0 Å². The average molecular weight is 315 g/mol. The van der Waals surface area contributed by atoms with Gasteiger partial charge in [-0.2, -0.15) is 0 Å². The van der Waals surface area contributed by atoms with E-state index in [2.05, 4.69) is 46.9 Å². The second-order valence-corrected chi connectivity index (χ2v) is 7.27. The first-order valence-corrected chi connectivity index (χ1v) is 8.83. The summed E-state index contributed by atoms with van der Waals surface area (Å²) in [5, 5.41) is 3.20. The Labute approximate surface area is 138 Å². The lowest BCUT2D eigenvalue weighted by Crippen LogP contribution is -2.46. The predicted molar refractivity (Wildman–Crippen MR) is 94.1 cm³/mol. The second-order valence-electron chi connectivity index (χ2n) is 7.27. The van der Waals surface area contributed by atoms with Crippen LogP contribution in [0.3, 0.4) is 0 Å². The second kappa shape index (κ2) is 11.0. The zero-order valence-corrected chi connectivity index (χ0v) is 15.9. The van der Waals surface area contributed by atoms with Gasteiger partial charge in [-0.3, -0.25) is 4.79 Å². The van der Waals surface area contributed by atoms with Gasteiger partial charge in [-0.1, -0.05) is 34.6 Å². The maximum atomic E-state index is 11.1. The molecule has 22 heavy (non-hydrogen) atoms. The van der Waals surface area contributed by atoms with Gasteiger partial charge in [0, 0.05) is 39.2 Å². The molecule has 1 saturated heterocycles. The molecule has 0 aliphatic carbocycles. The third kappa shape index (κ3) is 9.42. The van der Waals surface area contributed by atoms with Gasteiger partial charge in [0.1, 0.15) is 0 Å². The van der Waals surface area contributed by atoms with Gasteiger partial charge in [0.25, 0.3) is 0 Å². The van der Waals surface area contributed by atoms with Crippen LogP contribution in [-0.2, 0) is 9.53 Å². The van der Waals surface area contributed by atoms with Crippen LogP contribution in [-0.4, -0.2) is 49.2 Å². The van der Waals surface area contributed by atoms with Crippen LogP contribution in [0.5, 0.6) is 0 Å². The Kier molecular flexibility index (Phi) is 10.7. The third-order valence-electron chi connectivity index (χ3n) is 4.33. The molecule has 1 rings (SSSR count). The standard InChI is InChI=1S/C11H24O.C7H14N2O/c1-9(2)7-8-12-11(5,6)10(3)4;1-2-7(10)9-5-3-8-4-6-9/h9-10H,7-8H2,1-6H3;8H,2-6H2,1H3. The van der Waals surface area contributed by atoms with E-state index in [0.29, 0.717) is 12.3 Å². The number of carbonyl (C=O) groups is 1. The summed E-state index contributed by atoms with van der Waals surface area (Å²) in [6.45, 7) is 19.7. The largest absolute Gasteiger partial charge is 0.375 e. The SMILES string of the molecule is CC(C)CCOC(C)(C)C(C)C.CCC(=O)N1CCNCC1. The summed E-state index contributed by atoms with van der Waals surface area (Å²) in [5.74, 6) is 1.61. The maximum absolute atomic E-state index is 11.1. The van der Waals surface area contributed by atoms with Gasteiger partial charge in [-0.15, -0.1) is 0 Å². The normalized spacial score (nSPS) is 15.8. The molecule has 1 heterocycles. The van der Waals surface area contributed by atoms with Crippen molar-refractivity contribution in [2.24, 2.45) is 11.8 Å². The summed E-state index contributed by atoms with van der Waals surface area (Å²) in [5.41, 5.74) is 0.0366. The maximum Gasteiger partial charge on any atom is 0.222 e. The molecule has 0 radical (unpaired) electrons. The molecule has 0 bridgehead atoms. The van der Waals surface area contributed by atoms with Gasteiger partial charge in [0.2, 0.25) is 5.91 Å². The van der Waals surface area contributed by atoms with Crippen molar-refractivity contribution in [1.29, 1.82) is 0 Å². The molecule has 132 valence electrons. The molecule has 0 saturated carbocycles. The fourth-order valence-corrected chi connectivity index (χ4v) is 1.86. The first-order valence-electron chi connectivity index (χ1n) is 8.83. The zero-order chi connectivity index (χ0) is 17.2. The number of rotatable bonds is 6. The topological polar surface area (TPSA) is 41.6 Å². The van der Waals surface area contributed by atoms with Gasteiger partial charge >= 0.3 is 0 Å². The number of carbonyl (C=O) groups excluding carboxylic acids is 1. The Morgan fingerprint density at radius 3 is 2.14 bits per heavy atom. The van der Waals surface area contributed by atoms with Crippen LogP contribution in [0.25, 0.3) is 0 Å². The fraction of sp³-hybridized carbons (Fsp3) is 0.944. The molecule has 1 amide bonds. The molecular weight excluding hydrogens is 276 g/mol. The Bertz CT molecular complexity index is 295. The molecule has 0 unspecified atom stereocenters. The highest BCUT2D eigenvalue weighted by atomic mass is 16.5. The Hall–Kier alpha value is -0.610. The quantitative estimate of drug-likeness (QED) is 0.818. The minimum Gasteiger partial charge on any atom is -0.375 e. The molecular formula is C18H38N2O2. The van der Waals surface area contributed by atoms with Crippen molar-refractivity contribution >= 4 is 5.91 Å². The highest BCUT2D eigenvalue weighted by Crippen LogP contribution is 2.20. The highest BCUT2D eigenvalue weighted by Gasteiger charge is 2.22. The van der Waals surface area contributed by atoms with Gasteiger partial charge < -0.3 is 15.0 Å². The average Bonchev–Trinajstić information content (AvgIpc) is 2.47. The Balaban J connectivity index is 0.000000406. The van der Waals surface area contributed by atoms with Crippen LogP contribution in [0.1, 0.15) is 61.3 Å². The lowest BCUT2D eigenvalue weighted by molar-refractivity contribution is -0.131. The van der Waals surface area contributed by atoms with Gasteiger partial charge in [-0.25, -0.2) is 0 Å². The lowest BCUT2D eigenvalue weighted by Gasteiger charge is -2.29.